The minimum absolute atomic E-state index is 0.0612. The summed E-state index contributed by atoms with van der Waals surface area (Å²) >= 11 is 0. The minimum atomic E-state index is -1.82. The van der Waals surface area contributed by atoms with Gasteiger partial charge >= 0.3 is 6.09 Å². The summed E-state index contributed by atoms with van der Waals surface area (Å²) in [5, 5.41) is 26.9. The Morgan fingerprint density at radius 3 is 2.46 bits per heavy atom. The number of hydrogen-bond acceptors (Lipinski definition) is 5. The summed E-state index contributed by atoms with van der Waals surface area (Å²) in [7, 11) is 0. The average molecular weight is 492 g/mol. The van der Waals surface area contributed by atoms with Gasteiger partial charge in [0.25, 0.3) is 5.91 Å². The molecule has 0 bridgehead atoms. The fourth-order valence-electron chi connectivity index (χ4n) is 4.75. The third-order valence-electron chi connectivity index (χ3n) is 6.34. The highest BCUT2D eigenvalue weighted by Crippen LogP contribution is 2.45. The van der Waals surface area contributed by atoms with E-state index in [-0.39, 0.29) is 11.9 Å². The van der Waals surface area contributed by atoms with Crippen LogP contribution >= 0.6 is 0 Å². The average Bonchev–Trinajstić information content (AvgIpc) is 3.40. The van der Waals surface area contributed by atoms with Gasteiger partial charge in [0, 0.05) is 33.8 Å². The number of anilines is 4. The molecule has 5 aromatic rings. The summed E-state index contributed by atoms with van der Waals surface area (Å²) in [6.07, 6.45) is -1.25. The van der Waals surface area contributed by atoms with Crippen LogP contribution in [0.2, 0.25) is 0 Å². The lowest BCUT2D eigenvalue weighted by molar-refractivity contribution is 0.0704. The maximum atomic E-state index is 13.7. The molecular formula is C28H21N5O4. The molecule has 2 heterocycles. The van der Waals surface area contributed by atoms with E-state index >= 15 is 0 Å². The highest BCUT2D eigenvalue weighted by atomic mass is 16.4. The van der Waals surface area contributed by atoms with Gasteiger partial charge in [-0.3, -0.25) is 15.0 Å². The van der Waals surface area contributed by atoms with Gasteiger partial charge < -0.3 is 20.5 Å². The zero-order valence-electron chi connectivity index (χ0n) is 19.3. The van der Waals surface area contributed by atoms with Crippen molar-refractivity contribution in [3.8, 4) is 0 Å². The van der Waals surface area contributed by atoms with Crippen molar-refractivity contribution in [1.29, 1.82) is 0 Å². The van der Waals surface area contributed by atoms with E-state index in [1.165, 1.54) is 4.90 Å². The van der Waals surface area contributed by atoms with Crippen LogP contribution in [0.4, 0.5) is 27.8 Å². The number of nitrogens with one attached hydrogen (secondary N) is 3. The monoisotopic (exact) mass is 491 g/mol. The van der Waals surface area contributed by atoms with Gasteiger partial charge in [-0.15, -0.1) is 0 Å². The largest absolute Gasteiger partial charge is 0.465 e. The van der Waals surface area contributed by atoms with Crippen molar-refractivity contribution in [3.63, 3.8) is 0 Å². The Labute approximate surface area is 211 Å². The fourth-order valence-corrected chi connectivity index (χ4v) is 4.75. The number of nitrogens with zero attached hydrogens (tertiary/aromatic N) is 2. The molecule has 9 heteroatoms. The van der Waals surface area contributed by atoms with E-state index in [0.29, 0.717) is 33.4 Å². The number of amides is 2. The van der Waals surface area contributed by atoms with E-state index in [0.717, 1.165) is 11.4 Å². The topological polar surface area (TPSA) is 131 Å². The summed E-state index contributed by atoms with van der Waals surface area (Å²) in [4.78, 5) is 33.2. The molecule has 2 amide bonds. The summed E-state index contributed by atoms with van der Waals surface area (Å²) in [5.74, 6) is -0.279. The molecule has 1 aliphatic heterocycles. The van der Waals surface area contributed by atoms with Crippen LogP contribution < -0.4 is 15.5 Å². The Balaban J connectivity index is 1.47. The Kier molecular flexibility index (Phi) is 5.13. The van der Waals surface area contributed by atoms with E-state index in [9.17, 15) is 14.7 Å². The molecule has 1 unspecified atom stereocenters. The molecule has 37 heavy (non-hydrogen) atoms. The van der Waals surface area contributed by atoms with Crippen molar-refractivity contribution in [1.82, 2.24) is 9.97 Å². The molecule has 1 atom stereocenters. The minimum Gasteiger partial charge on any atom is -0.465 e. The molecule has 6 rings (SSSR count). The van der Waals surface area contributed by atoms with Gasteiger partial charge in [0.2, 0.25) is 5.95 Å². The highest BCUT2D eigenvalue weighted by molar-refractivity contribution is 6.12. The number of imidazole rings is 1. The number of para-hydroxylation sites is 1. The lowest BCUT2D eigenvalue weighted by atomic mass is 9.93. The number of aromatic nitrogens is 2. The molecule has 0 radical (unpaired) electrons. The van der Waals surface area contributed by atoms with Gasteiger partial charge in [0.15, 0.2) is 5.72 Å². The lowest BCUT2D eigenvalue weighted by Gasteiger charge is -2.35. The lowest BCUT2D eigenvalue weighted by Crippen LogP contribution is -2.45. The number of rotatable bonds is 5. The maximum Gasteiger partial charge on any atom is 0.411 e. The second kappa shape index (κ2) is 8.51. The number of benzene rings is 4. The third-order valence-corrected chi connectivity index (χ3v) is 6.34. The van der Waals surface area contributed by atoms with Crippen LogP contribution in [0.5, 0.6) is 0 Å². The van der Waals surface area contributed by atoms with E-state index in [4.69, 9.17) is 5.11 Å². The molecular weight excluding hydrogens is 470 g/mol. The Morgan fingerprint density at radius 1 is 0.892 bits per heavy atom. The molecule has 0 aliphatic carbocycles. The molecule has 4 aromatic carbocycles. The summed E-state index contributed by atoms with van der Waals surface area (Å²) < 4.78 is 0. The predicted octanol–water partition coefficient (Wildman–Crippen LogP) is 5.25. The standard InChI is InChI=1S/C28H21N5O4/c34-25-21-11-4-5-12-22(21)28(37,17-13-14-23-24(15-17)31-26(30-23)32-27(35)36)33(25)20-10-6-9-19(16-20)29-18-7-2-1-3-8-18/h1-16,29,37H,(H,35,36)(H2,30,31,32). The quantitative estimate of drug-likeness (QED) is 0.228. The maximum absolute atomic E-state index is 13.7. The van der Waals surface area contributed by atoms with Gasteiger partial charge in [0.05, 0.1) is 11.0 Å². The molecule has 1 aromatic heterocycles. The van der Waals surface area contributed by atoms with Crippen LogP contribution in [-0.4, -0.2) is 32.2 Å². The number of carbonyl (C=O) groups excluding carboxylic acids is 1. The van der Waals surface area contributed by atoms with Crippen LogP contribution in [-0.2, 0) is 5.72 Å². The van der Waals surface area contributed by atoms with Crippen molar-refractivity contribution < 1.29 is 19.8 Å². The highest BCUT2D eigenvalue weighted by Gasteiger charge is 2.50. The molecule has 1 aliphatic rings. The normalized spacial score (nSPS) is 16.6. The van der Waals surface area contributed by atoms with E-state index in [2.05, 4.69) is 20.6 Å². The van der Waals surface area contributed by atoms with Crippen LogP contribution in [0.1, 0.15) is 21.5 Å². The van der Waals surface area contributed by atoms with Gasteiger partial charge in [-0.25, -0.2) is 9.78 Å². The van der Waals surface area contributed by atoms with Crippen LogP contribution in [0.3, 0.4) is 0 Å². The molecule has 0 saturated carbocycles. The first-order chi connectivity index (χ1) is 17.9. The van der Waals surface area contributed by atoms with Gasteiger partial charge in [0.1, 0.15) is 0 Å². The van der Waals surface area contributed by atoms with Crippen molar-refractivity contribution in [2.45, 2.75) is 5.72 Å². The Morgan fingerprint density at radius 2 is 1.65 bits per heavy atom. The van der Waals surface area contributed by atoms with Crippen LogP contribution in [0.25, 0.3) is 11.0 Å². The molecule has 182 valence electrons. The van der Waals surface area contributed by atoms with Crippen molar-refractivity contribution in [3.05, 3.63) is 114 Å². The van der Waals surface area contributed by atoms with Gasteiger partial charge in [-0.1, -0.05) is 48.5 Å². The first-order valence-corrected chi connectivity index (χ1v) is 11.5. The second-order valence-electron chi connectivity index (χ2n) is 8.65. The van der Waals surface area contributed by atoms with Crippen molar-refractivity contribution >= 4 is 46.0 Å². The number of carboxylic acid groups (broad SMARTS) is 1. The predicted molar refractivity (Wildman–Crippen MR) is 140 cm³/mol. The molecule has 0 saturated heterocycles. The number of carbonyl (C=O) groups is 2. The van der Waals surface area contributed by atoms with Crippen LogP contribution in [0.15, 0.2) is 97.1 Å². The third kappa shape index (κ3) is 3.74. The van der Waals surface area contributed by atoms with Crippen LogP contribution in [0, 0.1) is 0 Å². The molecule has 0 spiro atoms. The summed E-state index contributed by atoms with van der Waals surface area (Å²) in [6, 6.07) is 28.9. The zero-order valence-corrected chi connectivity index (χ0v) is 19.3. The molecule has 0 fully saturated rings. The summed E-state index contributed by atoms with van der Waals surface area (Å²) in [6.45, 7) is 0. The number of H-pyrrole nitrogens is 1. The Hall–Kier alpha value is -5.15. The smallest absolute Gasteiger partial charge is 0.411 e. The number of aromatic amines is 1. The summed E-state index contributed by atoms with van der Waals surface area (Å²) in [5.41, 5.74) is 2.60. The zero-order chi connectivity index (χ0) is 25.6. The van der Waals surface area contributed by atoms with Gasteiger partial charge in [-0.05, 0) is 48.5 Å². The number of hydrogen-bond donors (Lipinski definition) is 5. The Bertz CT molecular complexity index is 1670. The van der Waals surface area contributed by atoms with E-state index in [1.807, 2.05) is 48.5 Å². The van der Waals surface area contributed by atoms with Crippen molar-refractivity contribution in [2.24, 2.45) is 0 Å². The number of aliphatic hydroxyl groups is 1. The van der Waals surface area contributed by atoms with Crippen molar-refractivity contribution in [2.75, 3.05) is 15.5 Å². The van der Waals surface area contributed by atoms with E-state index < -0.39 is 11.8 Å². The fraction of sp³-hybridized carbons (Fsp3) is 0.0357. The SMILES string of the molecule is O=C(O)Nc1nc2ccc(C3(O)c4ccccc4C(=O)N3c3cccc(Nc4ccccc4)c3)cc2[nH]1. The molecule has 5 N–H and O–H groups in total. The second-order valence-corrected chi connectivity index (χ2v) is 8.65. The first kappa shape index (κ1) is 22.3. The first-order valence-electron chi connectivity index (χ1n) is 11.5. The van der Waals surface area contributed by atoms with E-state index in [1.54, 1.807) is 48.5 Å². The van der Waals surface area contributed by atoms with Gasteiger partial charge in [-0.2, -0.15) is 0 Å². The molecule has 9 nitrogen and oxygen atoms in total. The number of fused-ring (bicyclic) bond motifs is 2.